The van der Waals surface area contributed by atoms with Crippen molar-refractivity contribution in [3.63, 3.8) is 0 Å². The van der Waals surface area contributed by atoms with Crippen LogP contribution in [0.4, 0.5) is 34.6 Å². The van der Waals surface area contributed by atoms with E-state index >= 15 is 0 Å². The molecule has 0 saturated carbocycles. The molecule has 0 spiro atoms. The van der Waals surface area contributed by atoms with Gasteiger partial charge in [-0.1, -0.05) is 26.7 Å². The Morgan fingerprint density at radius 2 is 1.11 bits per heavy atom. The van der Waals surface area contributed by atoms with E-state index in [9.17, 15) is 9.59 Å². The first kappa shape index (κ1) is 39.6. The fourth-order valence-electron chi connectivity index (χ4n) is 5.35. The zero-order valence-corrected chi connectivity index (χ0v) is 32.9. The minimum atomic E-state index is -0.585. The minimum absolute atomic E-state index is 0.162. The molecule has 0 aromatic carbocycles. The minimum Gasteiger partial charge on any atom is -0.465 e. The zero-order valence-electron chi connectivity index (χ0n) is 31.3. The average Bonchev–Trinajstić information content (AvgIpc) is 3.89. The van der Waals surface area contributed by atoms with Crippen LogP contribution in [0.5, 0.6) is 0 Å². The number of nitrogens with zero attached hydrogens (tertiary/aromatic N) is 14. The van der Waals surface area contributed by atoms with Crippen LogP contribution in [-0.4, -0.2) is 87.8 Å². The Morgan fingerprint density at radius 3 is 1.46 bits per heavy atom. The third-order valence-electron chi connectivity index (χ3n) is 8.16. The van der Waals surface area contributed by atoms with E-state index in [4.69, 9.17) is 31.1 Å². The molecule has 0 aliphatic rings. The maximum Gasteiger partial charge on any atom is 0.344 e. The Hall–Kier alpha value is -5.64. The number of anilines is 2. The lowest BCUT2D eigenvalue weighted by Crippen LogP contribution is -2.09. The van der Waals surface area contributed by atoms with E-state index in [-0.39, 0.29) is 34.4 Å². The highest BCUT2D eigenvalue weighted by molar-refractivity contribution is 7.98. The molecule has 0 saturated heterocycles. The number of unbranched alkanes of at least 4 members (excludes halogenated alkanes) is 2. The van der Waals surface area contributed by atoms with Crippen molar-refractivity contribution in [3.05, 3.63) is 34.9 Å². The molecular formula is C32H42N16O4S2. The van der Waals surface area contributed by atoms with Crippen molar-refractivity contribution in [3.8, 4) is 11.6 Å². The van der Waals surface area contributed by atoms with Crippen molar-refractivity contribution in [1.29, 1.82) is 0 Å². The molecule has 5 aromatic rings. The van der Waals surface area contributed by atoms with Crippen LogP contribution in [0.1, 0.15) is 71.6 Å². The molecule has 0 unspecified atom stereocenters. The molecule has 0 fully saturated rings. The molecule has 5 aromatic heterocycles. The molecule has 5 heterocycles. The summed E-state index contributed by atoms with van der Waals surface area (Å²) in [4.78, 5) is 34.2. The van der Waals surface area contributed by atoms with Crippen molar-refractivity contribution in [2.45, 2.75) is 62.4 Å². The van der Waals surface area contributed by atoms with Gasteiger partial charge in [0.25, 0.3) is 0 Å². The van der Waals surface area contributed by atoms with E-state index in [1.807, 2.05) is 0 Å². The van der Waals surface area contributed by atoms with Gasteiger partial charge in [0, 0.05) is 20.2 Å². The van der Waals surface area contributed by atoms with E-state index in [1.165, 1.54) is 62.8 Å². The van der Waals surface area contributed by atoms with Crippen molar-refractivity contribution in [2.24, 2.45) is 34.6 Å². The molecule has 20 nitrogen and oxygen atoms in total. The van der Waals surface area contributed by atoms with E-state index in [2.05, 4.69) is 54.5 Å². The maximum atomic E-state index is 12.6. The number of aromatic nitrogens is 10. The Morgan fingerprint density at radius 1 is 0.704 bits per heavy atom. The van der Waals surface area contributed by atoms with E-state index in [1.54, 1.807) is 32.7 Å². The quantitative estimate of drug-likeness (QED) is 0.0661. The standard InChI is InChI=1S/C32H42N16O4S2/c1-9-11-13-17-23(37-39-27-21(31(49)51-5)29(53-7)43-45(27)3)25(33)47(41-17)19-15-20(36-16-35-19)48-26(34)24(18(42-48)14-12-10-2)38-40-28-22(32(50)52-6)30(54-8)44-46(28)4/h15-16H,9-14,33-34H2,1-8H3. The Kier molecular flexibility index (Phi) is 12.8. The number of rotatable bonds is 16. The third kappa shape index (κ3) is 7.83. The van der Waals surface area contributed by atoms with Crippen LogP contribution >= 0.6 is 23.5 Å². The van der Waals surface area contributed by atoms with Gasteiger partial charge in [-0.25, -0.2) is 28.9 Å². The van der Waals surface area contributed by atoms with E-state index < -0.39 is 11.9 Å². The SMILES string of the molecule is CCCCc1nn(-c2cc(-n3nc(CCCC)c(N=Nc4c(C(=O)OC)c(SC)nn4C)c3N)ncn2)c(N)c1N=Nc1c(C(=O)OC)c(SC)nn1C. The van der Waals surface area contributed by atoms with Gasteiger partial charge in [-0.05, 0) is 38.2 Å². The molecule has 286 valence electrons. The van der Waals surface area contributed by atoms with Crippen LogP contribution < -0.4 is 11.5 Å². The second-order valence-corrected chi connectivity index (χ2v) is 13.3. The van der Waals surface area contributed by atoms with Gasteiger partial charge in [0.15, 0.2) is 46.3 Å². The van der Waals surface area contributed by atoms with Crippen LogP contribution in [0.15, 0.2) is 42.9 Å². The Balaban J connectivity index is 1.57. The number of carbonyl (C=O) groups is 2. The lowest BCUT2D eigenvalue weighted by molar-refractivity contribution is 0.0588. The fraction of sp³-hybridized carbons (Fsp3) is 0.438. The number of thioether (sulfide) groups is 2. The number of hydrogen-bond donors (Lipinski definition) is 2. The molecule has 0 atom stereocenters. The Labute approximate surface area is 319 Å². The lowest BCUT2D eigenvalue weighted by atomic mass is 10.2. The van der Waals surface area contributed by atoms with Crippen LogP contribution in [0, 0.1) is 0 Å². The van der Waals surface area contributed by atoms with Gasteiger partial charge in [0.05, 0.1) is 25.6 Å². The molecule has 0 bridgehead atoms. The number of nitrogen functional groups attached to an aromatic ring is 2. The summed E-state index contributed by atoms with van der Waals surface area (Å²) in [5.74, 6) is 0.195. The first-order valence-corrected chi connectivity index (χ1v) is 19.3. The summed E-state index contributed by atoms with van der Waals surface area (Å²) in [5.41, 5.74) is 15.6. The van der Waals surface area contributed by atoms with Gasteiger partial charge < -0.3 is 20.9 Å². The normalized spacial score (nSPS) is 11.7. The predicted molar refractivity (Wildman–Crippen MR) is 203 cm³/mol. The number of esters is 2. The molecule has 4 N–H and O–H groups in total. The maximum absolute atomic E-state index is 12.6. The molecule has 5 rings (SSSR count). The summed E-state index contributed by atoms with van der Waals surface area (Å²) in [6.45, 7) is 4.13. The summed E-state index contributed by atoms with van der Waals surface area (Å²) in [7, 11) is 5.91. The highest BCUT2D eigenvalue weighted by Crippen LogP contribution is 2.37. The molecule has 0 radical (unpaired) electrons. The number of carbonyl (C=O) groups excluding carboxylic acids is 2. The largest absolute Gasteiger partial charge is 0.465 e. The predicted octanol–water partition coefficient (Wildman–Crippen LogP) is 6.01. The van der Waals surface area contributed by atoms with Gasteiger partial charge in [-0.2, -0.15) is 29.8 Å². The van der Waals surface area contributed by atoms with Gasteiger partial charge in [0.2, 0.25) is 0 Å². The number of nitrogens with two attached hydrogens (primary N) is 2. The third-order valence-corrected chi connectivity index (χ3v) is 9.51. The van der Waals surface area contributed by atoms with Crippen molar-refractivity contribution in [1.82, 2.24) is 49.1 Å². The first-order chi connectivity index (χ1) is 26.0. The van der Waals surface area contributed by atoms with Gasteiger partial charge in [-0.15, -0.1) is 44.0 Å². The van der Waals surface area contributed by atoms with Crippen molar-refractivity contribution in [2.75, 3.05) is 38.2 Å². The van der Waals surface area contributed by atoms with E-state index in [0.29, 0.717) is 57.3 Å². The first-order valence-electron chi connectivity index (χ1n) is 16.8. The molecule has 22 heteroatoms. The molecule has 0 amide bonds. The monoisotopic (exact) mass is 778 g/mol. The lowest BCUT2D eigenvalue weighted by Gasteiger charge is -2.06. The second-order valence-electron chi connectivity index (χ2n) is 11.7. The number of aryl methyl sites for hydroxylation is 4. The van der Waals surface area contributed by atoms with Crippen LogP contribution in [0.3, 0.4) is 0 Å². The molecule has 54 heavy (non-hydrogen) atoms. The summed E-state index contributed by atoms with van der Waals surface area (Å²) >= 11 is 2.58. The van der Waals surface area contributed by atoms with Crippen molar-refractivity contribution < 1.29 is 19.1 Å². The summed E-state index contributed by atoms with van der Waals surface area (Å²) in [6, 6.07) is 1.63. The number of azo groups is 2. The molecule has 0 aliphatic heterocycles. The van der Waals surface area contributed by atoms with Gasteiger partial charge >= 0.3 is 11.9 Å². The zero-order chi connectivity index (χ0) is 39.1. The van der Waals surface area contributed by atoms with Crippen LogP contribution in [0.25, 0.3) is 11.6 Å². The van der Waals surface area contributed by atoms with Crippen LogP contribution in [-0.2, 0) is 36.4 Å². The number of methoxy groups -OCH3 is 2. The second kappa shape index (κ2) is 17.5. The smallest absolute Gasteiger partial charge is 0.344 e. The van der Waals surface area contributed by atoms with Crippen LogP contribution in [0.2, 0.25) is 0 Å². The average molecular weight is 779 g/mol. The summed E-state index contributed by atoms with van der Waals surface area (Å²) in [5, 5.41) is 36.9. The highest BCUT2D eigenvalue weighted by Gasteiger charge is 2.26. The topological polar surface area (TPSA) is 251 Å². The number of ether oxygens (including phenoxy) is 2. The summed E-state index contributed by atoms with van der Waals surface area (Å²) in [6.07, 6.45) is 9.47. The summed E-state index contributed by atoms with van der Waals surface area (Å²) < 4.78 is 15.8. The van der Waals surface area contributed by atoms with Crippen molar-refractivity contribution >= 4 is 70.1 Å². The van der Waals surface area contributed by atoms with E-state index in [0.717, 1.165) is 25.7 Å². The fourth-order valence-corrected chi connectivity index (χ4v) is 6.52. The highest BCUT2D eigenvalue weighted by atomic mass is 32.2. The molecular weight excluding hydrogens is 737 g/mol. The Bertz CT molecular complexity index is 2070. The van der Waals surface area contributed by atoms with Gasteiger partial charge in [0.1, 0.15) is 27.5 Å². The molecule has 0 aliphatic carbocycles. The van der Waals surface area contributed by atoms with Gasteiger partial charge in [-0.3, -0.25) is 0 Å². The number of hydrogen-bond acceptors (Lipinski definition) is 18.